The maximum absolute atomic E-state index is 4.01. The molecule has 1 N–H and O–H groups in total. The number of hydrogen-bond acceptors (Lipinski definition) is 1. The van der Waals surface area contributed by atoms with Crippen molar-refractivity contribution in [3.8, 4) is 0 Å². The van der Waals surface area contributed by atoms with Crippen molar-refractivity contribution in [3.63, 3.8) is 0 Å². The number of rotatable bonds is 0. The molecule has 1 aliphatic heterocycles. The first-order valence-electron chi connectivity index (χ1n) is 6.66. The molecule has 2 atom stereocenters. The Bertz CT molecular complexity index is 189. The lowest BCUT2D eigenvalue weighted by Gasteiger charge is -2.34. The molecule has 3 aliphatic rings. The second kappa shape index (κ2) is 3.52. The van der Waals surface area contributed by atoms with Gasteiger partial charge in [0.2, 0.25) is 0 Å². The van der Waals surface area contributed by atoms with Crippen LogP contribution in [0.1, 0.15) is 64.2 Å². The van der Waals surface area contributed by atoms with Crippen molar-refractivity contribution in [1.29, 1.82) is 0 Å². The van der Waals surface area contributed by atoms with Crippen molar-refractivity contribution in [2.24, 2.45) is 5.92 Å². The maximum atomic E-state index is 4.01. The van der Waals surface area contributed by atoms with Crippen molar-refractivity contribution in [2.45, 2.75) is 75.8 Å². The van der Waals surface area contributed by atoms with Crippen molar-refractivity contribution in [3.05, 3.63) is 0 Å². The highest BCUT2D eigenvalue weighted by atomic mass is 15.1. The van der Waals surface area contributed by atoms with Gasteiger partial charge in [-0.05, 0) is 38.0 Å². The minimum Gasteiger partial charge on any atom is -0.308 e. The Balaban J connectivity index is 1.71. The predicted octanol–water partition coefficient (Wildman–Crippen LogP) is 3.24. The summed E-state index contributed by atoms with van der Waals surface area (Å²) in [6, 6.07) is 0.904. The standard InChI is InChI=1S/C13H23N/c1-4-8-13(9-5-1)10-11-6-2-3-7-12(11)14-13/h11-12,14H,1-10H2/t11-,12+/m1/s1. The van der Waals surface area contributed by atoms with Crippen LogP contribution in [0, 0.1) is 5.92 Å². The SMILES string of the molecule is C1CCC2(CC1)C[C@H]1CCCC[C@@H]1N2. The van der Waals surface area contributed by atoms with Crippen LogP contribution in [0.25, 0.3) is 0 Å². The highest BCUT2D eigenvalue weighted by Gasteiger charge is 2.45. The van der Waals surface area contributed by atoms with E-state index in [2.05, 4.69) is 5.32 Å². The Morgan fingerprint density at radius 3 is 2.43 bits per heavy atom. The summed E-state index contributed by atoms with van der Waals surface area (Å²) in [5.74, 6) is 1.04. The predicted molar refractivity (Wildman–Crippen MR) is 59.3 cm³/mol. The number of hydrogen-bond donors (Lipinski definition) is 1. The van der Waals surface area contributed by atoms with Gasteiger partial charge in [-0.3, -0.25) is 0 Å². The monoisotopic (exact) mass is 193 g/mol. The van der Waals surface area contributed by atoms with E-state index in [-0.39, 0.29) is 0 Å². The summed E-state index contributed by atoms with van der Waals surface area (Å²) in [7, 11) is 0. The Labute approximate surface area is 87.7 Å². The molecule has 0 aromatic heterocycles. The van der Waals surface area contributed by atoms with E-state index in [9.17, 15) is 0 Å². The molecular weight excluding hydrogens is 170 g/mol. The van der Waals surface area contributed by atoms with Gasteiger partial charge in [0.1, 0.15) is 0 Å². The first kappa shape index (κ1) is 9.21. The molecule has 0 bridgehead atoms. The Hall–Kier alpha value is -0.0400. The zero-order valence-corrected chi connectivity index (χ0v) is 9.23. The quantitative estimate of drug-likeness (QED) is 0.623. The molecule has 2 saturated carbocycles. The van der Waals surface area contributed by atoms with Gasteiger partial charge in [-0.15, -0.1) is 0 Å². The molecule has 2 aliphatic carbocycles. The van der Waals surface area contributed by atoms with Crippen LogP contribution in [0.5, 0.6) is 0 Å². The maximum Gasteiger partial charge on any atom is 0.0187 e. The molecule has 0 radical (unpaired) electrons. The Morgan fingerprint density at radius 2 is 1.64 bits per heavy atom. The highest BCUT2D eigenvalue weighted by Crippen LogP contribution is 2.44. The minimum atomic E-state index is 0.609. The van der Waals surface area contributed by atoms with E-state index in [1.165, 1.54) is 64.2 Å². The van der Waals surface area contributed by atoms with Crippen LogP contribution in [0.2, 0.25) is 0 Å². The van der Waals surface area contributed by atoms with Gasteiger partial charge in [0.25, 0.3) is 0 Å². The topological polar surface area (TPSA) is 12.0 Å². The fraction of sp³-hybridized carbons (Fsp3) is 1.00. The minimum absolute atomic E-state index is 0.609. The molecule has 80 valence electrons. The molecule has 0 amide bonds. The third kappa shape index (κ3) is 1.50. The molecule has 1 nitrogen and oxygen atoms in total. The average Bonchev–Trinajstić information content (AvgIpc) is 2.56. The van der Waals surface area contributed by atoms with E-state index in [4.69, 9.17) is 0 Å². The van der Waals surface area contributed by atoms with E-state index in [0.29, 0.717) is 5.54 Å². The first-order valence-corrected chi connectivity index (χ1v) is 6.66. The third-order valence-corrected chi connectivity index (χ3v) is 4.86. The van der Waals surface area contributed by atoms with Crippen LogP contribution in [0.15, 0.2) is 0 Å². The molecular formula is C13H23N. The van der Waals surface area contributed by atoms with Crippen molar-refractivity contribution in [1.82, 2.24) is 5.32 Å². The molecule has 3 rings (SSSR count). The number of nitrogens with one attached hydrogen (secondary N) is 1. The van der Waals surface area contributed by atoms with E-state index in [0.717, 1.165) is 12.0 Å². The second-order valence-electron chi connectivity index (χ2n) is 5.84. The lowest BCUT2D eigenvalue weighted by Crippen LogP contribution is -2.44. The first-order chi connectivity index (χ1) is 6.88. The van der Waals surface area contributed by atoms with Crippen molar-refractivity contribution in [2.75, 3.05) is 0 Å². The normalized spacial score (nSPS) is 41.1. The lowest BCUT2D eigenvalue weighted by molar-refractivity contribution is 0.251. The van der Waals surface area contributed by atoms with Crippen LogP contribution < -0.4 is 5.32 Å². The average molecular weight is 193 g/mol. The van der Waals surface area contributed by atoms with Crippen LogP contribution in [0.4, 0.5) is 0 Å². The molecule has 0 unspecified atom stereocenters. The summed E-state index contributed by atoms with van der Waals surface area (Å²) in [5, 5.41) is 4.01. The van der Waals surface area contributed by atoms with Crippen LogP contribution in [-0.2, 0) is 0 Å². The van der Waals surface area contributed by atoms with Gasteiger partial charge in [-0.2, -0.15) is 0 Å². The van der Waals surface area contributed by atoms with Gasteiger partial charge in [-0.25, -0.2) is 0 Å². The fourth-order valence-corrected chi connectivity index (χ4v) is 4.17. The van der Waals surface area contributed by atoms with Gasteiger partial charge < -0.3 is 5.32 Å². The van der Waals surface area contributed by atoms with Crippen LogP contribution in [0.3, 0.4) is 0 Å². The molecule has 0 aromatic rings. The van der Waals surface area contributed by atoms with Crippen molar-refractivity contribution < 1.29 is 0 Å². The van der Waals surface area contributed by atoms with Gasteiger partial charge >= 0.3 is 0 Å². The highest BCUT2D eigenvalue weighted by molar-refractivity contribution is 5.04. The van der Waals surface area contributed by atoms with Gasteiger partial charge in [-0.1, -0.05) is 32.1 Å². The largest absolute Gasteiger partial charge is 0.308 e. The second-order valence-corrected chi connectivity index (χ2v) is 5.84. The summed E-state index contributed by atoms with van der Waals surface area (Å²) in [4.78, 5) is 0. The van der Waals surface area contributed by atoms with Crippen molar-refractivity contribution >= 4 is 0 Å². The van der Waals surface area contributed by atoms with E-state index < -0.39 is 0 Å². The molecule has 3 fully saturated rings. The van der Waals surface area contributed by atoms with E-state index in [1.807, 2.05) is 0 Å². The summed E-state index contributed by atoms with van der Waals surface area (Å²) >= 11 is 0. The van der Waals surface area contributed by atoms with Gasteiger partial charge in [0, 0.05) is 11.6 Å². The summed E-state index contributed by atoms with van der Waals surface area (Å²) in [5.41, 5.74) is 0.609. The third-order valence-electron chi connectivity index (χ3n) is 4.86. The molecule has 0 aromatic carbocycles. The zero-order valence-electron chi connectivity index (χ0n) is 9.23. The molecule has 1 heterocycles. The van der Waals surface area contributed by atoms with E-state index in [1.54, 1.807) is 0 Å². The molecule has 1 saturated heterocycles. The molecule has 14 heavy (non-hydrogen) atoms. The Morgan fingerprint density at radius 1 is 0.857 bits per heavy atom. The van der Waals surface area contributed by atoms with Crippen LogP contribution in [-0.4, -0.2) is 11.6 Å². The van der Waals surface area contributed by atoms with Crippen LogP contribution >= 0.6 is 0 Å². The fourth-order valence-electron chi connectivity index (χ4n) is 4.17. The summed E-state index contributed by atoms with van der Waals surface area (Å²) in [6.07, 6.45) is 14.9. The Kier molecular flexibility index (Phi) is 2.31. The smallest absolute Gasteiger partial charge is 0.0187 e. The van der Waals surface area contributed by atoms with Gasteiger partial charge in [0.05, 0.1) is 0 Å². The van der Waals surface area contributed by atoms with E-state index >= 15 is 0 Å². The van der Waals surface area contributed by atoms with Gasteiger partial charge in [0.15, 0.2) is 0 Å². The molecule has 1 spiro atoms. The number of fused-ring (bicyclic) bond motifs is 1. The summed E-state index contributed by atoms with van der Waals surface area (Å²) in [6.45, 7) is 0. The summed E-state index contributed by atoms with van der Waals surface area (Å²) < 4.78 is 0. The zero-order chi connectivity index (χ0) is 9.43. The lowest BCUT2D eigenvalue weighted by atomic mass is 9.77. The molecule has 1 heteroatoms.